The monoisotopic (exact) mass is 580 g/mol. The highest BCUT2D eigenvalue weighted by atomic mass is 16.3. The first kappa shape index (κ1) is 28.1. The summed E-state index contributed by atoms with van der Waals surface area (Å²) in [4.78, 5) is 53.8. The van der Waals surface area contributed by atoms with Crippen molar-refractivity contribution in [3.63, 3.8) is 0 Å². The van der Waals surface area contributed by atoms with Gasteiger partial charge in [-0.05, 0) is 78.9 Å². The maximum Gasteiger partial charge on any atom is 0.189 e. The molecule has 0 amide bonds. The third kappa shape index (κ3) is 3.74. The molecule has 3 unspecified atom stereocenters. The molecule has 0 aliphatic heterocycles. The minimum absolute atomic E-state index is 0.0381. The van der Waals surface area contributed by atoms with Gasteiger partial charge in [0.1, 0.15) is 34.6 Å². The Morgan fingerprint density at radius 1 is 0.767 bits per heavy atom. The minimum atomic E-state index is -1.89. The van der Waals surface area contributed by atoms with Gasteiger partial charge in [-0.15, -0.1) is 0 Å². The predicted octanol–water partition coefficient (Wildman–Crippen LogP) is 5.31. The van der Waals surface area contributed by atoms with E-state index in [-0.39, 0.29) is 72.2 Å². The van der Waals surface area contributed by atoms with Gasteiger partial charge in [0.15, 0.2) is 11.6 Å². The Bertz CT molecular complexity index is 2030. The van der Waals surface area contributed by atoms with Gasteiger partial charge in [-0.3, -0.25) is 19.2 Å². The minimum Gasteiger partial charge on any atom is -0.507 e. The highest BCUT2D eigenvalue weighted by Gasteiger charge is 2.49. The summed E-state index contributed by atoms with van der Waals surface area (Å²) in [7, 11) is 0. The van der Waals surface area contributed by atoms with E-state index in [4.69, 9.17) is 0 Å². The number of Topliss-reactive ketones (excluding diaryl/α,β-unsaturated/α-hetero) is 3. The van der Waals surface area contributed by atoms with Gasteiger partial charge in [-0.2, -0.15) is 0 Å². The van der Waals surface area contributed by atoms with E-state index in [0.29, 0.717) is 5.57 Å². The zero-order valence-corrected chi connectivity index (χ0v) is 23.8. The second kappa shape index (κ2) is 9.24. The third-order valence-electron chi connectivity index (χ3n) is 8.77. The first-order valence-corrected chi connectivity index (χ1v) is 13.7. The smallest absolute Gasteiger partial charge is 0.189 e. The van der Waals surface area contributed by atoms with E-state index in [1.54, 1.807) is 19.1 Å². The lowest BCUT2D eigenvalue weighted by Gasteiger charge is -2.39. The second-order valence-corrected chi connectivity index (χ2v) is 11.7. The number of benzene rings is 4. The number of phenols is 4. The molecular weight excluding hydrogens is 552 g/mol. The fourth-order valence-corrected chi connectivity index (χ4v) is 7.27. The van der Waals surface area contributed by atoms with Gasteiger partial charge in [-0.1, -0.05) is 29.8 Å². The van der Waals surface area contributed by atoms with Crippen LogP contribution in [0.3, 0.4) is 0 Å². The van der Waals surface area contributed by atoms with Crippen molar-refractivity contribution in [2.45, 2.75) is 51.6 Å². The normalized spacial score (nSPS) is 21.5. The lowest BCUT2D eigenvalue weighted by molar-refractivity contribution is -0.124. The van der Waals surface area contributed by atoms with Crippen molar-refractivity contribution in [3.8, 4) is 34.1 Å². The molecule has 2 aliphatic carbocycles. The predicted molar refractivity (Wildman–Crippen MR) is 158 cm³/mol. The molecule has 2 aliphatic rings. The molecule has 4 aromatic carbocycles. The molecule has 0 spiro atoms. The first-order chi connectivity index (χ1) is 20.2. The lowest BCUT2D eigenvalue weighted by Crippen LogP contribution is -2.43. The van der Waals surface area contributed by atoms with Crippen LogP contribution in [0.5, 0.6) is 23.0 Å². The molecule has 0 bridgehead atoms. The van der Waals surface area contributed by atoms with Crippen LogP contribution in [-0.4, -0.2) is 54.3 Å². The lowest BCUT2D eigenvalue weighted by atomic mass is 9.65. The molecule has 6 rings (SSSR count). The van der Waals surface area contributed by atoms with E-state index in [9.17, 15) is 44.7 Å². The van der Waals surface area contributed by atoms with Crippen LogP contribution in [0.2, 0.25) is 0 Å². The van der Waals surface area contributed by atoms with Crippen molar-refractivity contribution >= 4 is 44.7 Å². The van der Waals surface area contributed by atoms with Crippen molar-refractivity contribution in [2.75, 3.05) is 0 Å². The van der Waals surface area contributed by atoms with Gasteiger partial charge in [-0.25, -0.2) is 0 Å². The van der Waals surface area contributed by atoms with Crippen molar-refractivity contribution in [1.82, 2.24) is 0 Å². The zero-order chi connectivity index (χ0) is 31.3. The molecule has 0 saturated carbocycles. The molecule has 0 fully saturated rings. The largest absolute Gasteiger partial charge is 0.507 e. The number of fused-ring (bicyclic) bond motifs is 4. The van der Waals surface area contributed by atoms with Crippen LogP contribution >= 0.6 is 0 Å². The Balaban J connectivity index is 2.01. The molecule has 3 atom stereocenters. The molecule has 0 saturated heterocycles. The Morgan fingerprint density at radius 3 is 1.79 bits per heavy atom. The quantitative estimate of drug-likeness (QED) is 0.216. The Labute approximate surface area is 245 Å². The average Bonchev–Trinajstić information content (AvgIpc) is 2.88. The molecule has 5 N–H and O–H groups in total. The summed E-state index contributed by atoms with van der Waals surface area (Å²) in [6.45, 7) is 5.52. The van der Waals surface area contributed by atoms with Gasteiger partial charge in [0.05, 0.1) is 39.3 Å². The van der Waals surface area contributed by atoms with Crippen LogP contribution in [0.15, 0.2) is 48.0 Å². The number of rotatable bonds is 3. The van der Waals surface area contributed by atoms with Gasteiger partial charge in [0.2, 0.25) is 0 Å². The summed E-state index contributed by atoms with van der Waals surface area (Å²) in [6.07, 6.45) is 0.745. The van der Waals surface area contributed by atoms with E-state index in [0.717, 1.165) is 0 Å². The van der Waals surface area contributed by atoms with E-state index in [1.165, 1.54) is 51.1 Å². The van der Waals surface area contributed by atoms with Gasteiger partial charge >= 0.3 is 0 Å². The third-order valence-corrected chi connectivity index (χ3v) is 8.77. The zero-order valence-electron chi connectivity index (χ0n) is 23.8. The highest BCUT2D eigenvalue weighted by Crippen LogP contribution is 2.57. The molecule has 43 heavy (non-hydrogen) atoms. The molecule has 9 nitrogen and oxygen atoms in total. The van der Waals surface area contributed by atoms with Crippen LogP contribution < -0.4 is 0 Å². The summed E-state index contributed by atoms with van der Waals surface area (Å²) >= 11 is 0. The number of ketones is 4. The molecular formula is C34H28O9. The van der Waals surface area contributed by atoms with E-state index in [2.05, 4.69) is 0 Å². The molecule has 0 aromatic heterocycles. The van der Waals surface area contributed by atoms with Crippen molar-refractivity contribution in [2.24, 2.45) is 0 Å². The number of aromatic hydroxyl groups is 4. The number of carbonyl (C=O) groups excluding carboxylic acids is 4. The van der Waals surface area contributed by atoms with Crippen LogP contribution in [0, 0.1) is 0 Å². The molecule has 9 heteroatoms. The number of allylic oxidation sites excluding steroid dienone is 2. The van der Waals surface area contributed by atoms with E-state index in [1.807, 2.05) is 0 Å². The maximum atomic E-state index is 13.7. The van der Waals surface area contributed by atoms with Crippen molar-refractivity contribution in [1.29, 1.82) is 0 Å². The Kier molecular flexibility index (Phi) is 6.04. The van der Waals surface area contributed by atoms with Crippen molar-refractivity contribution < 1.29 is 44.7 Å². The molecule has 218 valence electrons. The van der Waals surface area contributed by atoms with Gasteiger partial charge in [0.25, 0.3) is 0 Å². The van der Waals surface area contributed by atoms with E-state index < -0.39 is 52.7 Å². The SMILES string of the molecule is CC(=O)C1C(C)=CC(=O)c2c1c(-c1c3c(c(O)c4c(O)cccc14)C(=O)CC(C)(O)C3C(C)=O)c1cccc(O)c1c2O. The first-order valence-electron chi connectivity index (χ1n) is 13.7. The fraction of sp³-hybridized carbons (Fsp3) is 0.235. The van der Waals surface area contributed by atoms with E-state index >= 15 is 0 Å². The number of hydrogen-bond acceptors (Lipinski definition) is 9. The average molecular weight is 581 g/mol. The van der Waals surface area contributed by atoms with Crippen LogP contribution in [0.1, 0.15) is 77.8 Å². The van der Waals surface area contributed by atoms with Crippen molar-refractivity contribution in [3.05, 3.63) is 70.3 Å². The number of hydrogen-bond donors (Lipinski definition) is 5. The van der Waals surface area contributed by atoms with Crippen LogP contribution in [0.25, 0.3) is 32.7 Å². The summed E-state index contributed by atoms with van der Waals surface area (Å²) in [6, 6.07) is 8.72. The van der Waals surface area contributed by atoms with Gasteiger partial charge in [0, 0.05) is 6.42 Å². The topological polar surface area (TPSA) is 169 Å². The standard InChI is InChI=1S/C34H28O9/c1-13-11-20(39)27-29(22(13)14(2)35)25(16-7-5-9-18(37)23(16)32(27)41)26-17-8-6-10-19(38)24(17)33(42)28-21(40)12-34(4,43)31(15(3)36)30(26)28/h5-11,22,31,37-38,41-43H,12H2,1-4H3. The summed E-state index contributed by atoms with van der Waals surface area (Å²) < 4.78 is 0. The number of carbonyl (C=O) groups is 4. The Morgan fingerprint density at radius 2 is 1.28 bits per heavy atom. The van der Waals surface area contributed by atoms with Gasteiger partial charge < -0.3 is 25.5 Å². The Hall–Kier alpha value is -5.02. The fourth-order valence-electron chi connectivity index (χ4n) is 7.27. The number of phenolic OH excluding ortho intramolecular Hbond substituents is 4. The maximum absolute atomic E-state index is 13.7. The van der Waals surface area contributed by atoms with Crippen LogP contribution in [-0.2, 0) is 9.59 Å². The molecule has 0 radical (unpaired) electrons. The summed E-state index contributed by atoms with van der Waals surface area (Å²) in [5, 5.41) is 56.5. The summed E-state index contributed by atoms with van der Waals surface area (Å²) in [5.41, 5.74) is -1.72. The van der Waals surface area contributed by atoms with Crippen LogP contribution in [0.4, 0.5) is 0 Å². The highest BCUT2D eigenvalue weighted by molar-refractivity contribution is 6.24. The molecule has 0 heterocycles. The molecule has 4 aromatic rings. The second-order valence-electron chi connectivity index (χ2n) is 11.7. The number of aliphatic hydroxyl groups is 1. The summed E-state index contributed by atoms with van der Waals surface area (Å²) in [5.74, 6) is -6.46.